The van der Waals surface area contributed by atoms with Crippen LogP contribution in [-0.2, 0) is 13.0 Å². The summed E-state index contributed by atoms with van der Waals surface area (Å²) in [5, 5.41) is 3.07. The summed E-state index contributed by atoms with van der Waals surface area (Å²) in [7, 11) is 3.54. The molecule has 3 aromatic rings. The number of nitrogens with zero attached hydrogens (tertiary/aromatic N) is 4. The van der Waals surface area contributed by atoms with Crippen LogP contribution in [-0.4, -0.2) is 33.7 Å². The summed E-state index contributed by atoms with van der Waals surface area (Å²) in [6.45, 7) is 2.67. The fourth-order valence-corrected chi connectivity index (χ4v) is 2.54. The molecule has 6 heteroatoms. The number of ether oxygens (including phenoxy) is 1. The lowest BCUT2D eigenvalue weighted by atomic mass is 10.1. The van der Waals surface area contributed by atoms with Crippen LogP contribution in [0.15, 0.2) is 30.6 Å². The van der Waals surface area contributed by atoms with Crippen molar-refractivity contribution in [3.63, 3.8) is 0 Å². The summed E-state index contributed by atoms with van der Waals surface area (Å²) >= 11 is 0. The Kier molecular flexibility index (Phi) is 3.91. The monoisotopic (exact) mass is 297 g/mol. The third kappa shape index (κ3) is 2.59. The molecule has 0 amide bonds. The van der Waals surface area contributed by atoms with Gasteiger partial charge in [-0.25, -0.2) is 15.0 Å². The van der Waals surface area contributed by atoms with Crippen LogP contribution in [0.2, 0.25) is 0 Å². The van der Waals surface area contributed by atoms with Gasteiger partial charge in [-0.1, -0.05) is 18.2 Å². The Hall–Kier alpha value is -2.63. The van der Waals surface area contributed by atoms with Gasteiger partial charge >= 0.3 is 0 Å². The first-order chi connectivity index (χ1) is 10.7. The molecule has 0 aliphatic heterocycles. The van der Waals surface area contributed by atoms with Crippen molar-refractivity contribution in [3.8, 4) is 5.75 Å². The van der Waals surface area contributed by atoms with Crippen LogP contribution in [0.1, 0.15) is 11.4 Å². The van der Waals surface area contributed by atoms with Crippen LogP contribution in [0.4, 0.5) is 5.82 Å². The first kappa shape index (κ1) is 14.3. The van der Waals surface area contributed by atoms with Gasteiger partial charge in [-0.3, -0.25) is 0 Å². The van der Waals surface area contributed by atoms with E-state index >= 15 is 0 Å². The van der Waals surface area contributed by atoms with Gasteiger partial charge in [-0.2, -0.15) is 0 Å². The van der Waals surface area contributed by atoms with Gasteiger partial charge in [-0.15, -0.1) is 0 Å². The highest BCUT2D eigenvalue weighted by molar-refractivity contribution is 5.82. The Morgan fingerprint density at radius 3 is 2.82 bits per heavy atom. The fraction of sp³-hybridized carbons (Fsp3) is 0.312. The number of hydrogen-bond donors (Lipinski definition) is 1. The molecule has 2 aromatic heterocycles. The summed E-state index contributed by atoms with van der Waals surface area (Å²) in [5.41, 5.74) is 2.83. The second kappa shape index (κ2) is 6.01. The third-order valence-electron chi connectivity index (χ3n) is 3.63. The topological polar surface area (TPSA) is 64.9 Å². The number of aromatic nitrogens is 4. The molecular formula is C16H19N5O. The first-order valence-electron chi connectivity index (χ1n) is 7.22. The Morgan fingerprint density at radius 1 is 1.23 bits per heavy atom. The third-order valence-corrected chi connectivity index (χ3v) is 3.63. The highest BCUT2D eigenvalue weighted by atomic mass is 16.5. The number of hydrogen-bond acceptors (Lipinski definition) is 5. The van der Waals surface area contributed by atoms with E-state index in [9.17, 15) is 0 Å². The molecule has 22 heavy (non-hydrogen) atoms. The van der Waals surface area contributed by atoms with E-state index in [-0.39, 0.29) is 0 Å². The Balaban J connectivity index is 1.90. The number of rotatable bonds is 5. The maximum Gasteiger partial charge on any atom is 0.165 e. The second-order valence-electron chi connectivity index (χ2n) is 5.04. The maximum absolute atomic E-state index is 5.40. The minimum absolute atomic E-state index is 0.732. The smallest absolute Gasteiger partial charge is 0.165 e. The Morgan fingerprint density at radius 2 is 2.05 bits per heavy atom. The molecule has 1 aromatic carbocycles. The average Bonchev–Trinajstić information content (AvgIpc) is 2.95. The van der Waals surface area contributed by atoms with Crippen molar-refractivity contribution in [2.45, 2.75) is 19.9 Å². The molecular weight excluding hydrogens is 278 g/mol. The molecule has 0 radical (unpaired) electrons. The average molecular weight is 297 g/mol. The molecule has 0 aliphatic rings. The second-order valence-corrected chi connectivity index (χ2v) is 5.04. The van der Waals surface area contributed by atoms with Crippen molar-refractivity contribution in [3.05, 3.63) is 42.0 Å². The minimum Gasteiger partial charge on any atom is -0.496 e. The molecule has 1 N–H and O–H groups in total. The summed E-state index contributed by atoms with van der Waals surface area (Å²) in [6, 6.07) is 8.06. The predicted molar refractivity (Wildman–Crippen MR) is 86.3 cm³/mol. The Bertz CT molecular complexity index is 796. The van der Waals surface area contributed by atoms with E-state index in [1.165, 1.54) is 5.56 Å². The molecule has 3 rings (SSSR count). The van der Waals surface area contributed by atoms with Crippen LogP contribution >= 0.6 is 0 Å². The molecule has 0 fully saturated rings. The molecule has 0 bridgehead atoms. The zero-order chi connectivity index (χ0) is 15.5. The van der Waals surface area contributed by atoms with Gasteiger partial charge in [0.05, 0.1) is 13.4 Å². The molecule has 6 nitrogen and oxygen atoms in total. The molecule has 0 spiro atoms. The van der Waals surface area contributed by atoms with Gasteiger partial charge < -0.3 is 14.6 Å². The molecule has 114 valence electrons. The highest BCUT2D eigenvalue weighted by Gasteiger charge is 2.11. The van der Waals surface area contributed by atoms with Gasteiger partial charge in [0.15, 0.2) is 11.5 Å². The Labute approximate surface area is 129 Å². The lowest BCUT2D eigenvalue weighted by molar-refractivity contribution is 0.408. The van der Waals surface area contributed by atoms with Crippen molar-refractivity contribution in [2.24, 2.45) is 0 Å². The van der Waals surface area contributed by atoms with Crippen LogP contribution in [0.3, 0.4) is 0 Å². The number of nitrogens with one attached hydrogen (secondary N) is 1. The number of benzene rings is 1. The maximum atomic E-state index is 5.40. The normalized spacial score (nSPS) is 10.9. The number of methoxy groups -OCH3 is 1. The van der Waals surface area contributed by atoms with Crippen molar-refractivity contribution in [2.75, 3.05) is 19.5 Å². The van der Waals surface area contributed by atoms with Gasteiger partial charge in [-0.05, 0) is 25.0 Å². The molecule has 0 atom stereocenters. The van der Waals surface area contributed by atoms with Crippen molar-refractivity contribution in [1.82, 2.24) is 19.5 Å². The molecule has 0 saturated carbocycles. The van der Waals surface area contributed by atoms with E-state index in [2.05, 4.69) is 30.9 Å². The number of fused-ring (bicyclic) bond motifs is 1. The summed E-state index contributed by atoms with van der Waals surface area (Å²) in [4.78, 5) is 13.3. The van der Waals surface area contributed by atoms with E-state index < -0.39 is 0 Å². The van der Waals surface area contributed by atoms with E-state index in [0.29, 0.717) is 0 Å². The van der Waals surface area contributed by atoms with Crippen molar-refractivity contribution < 1.29 is 4.74 Å². The number of anilines is 1. The van der Waals surface area contributed by atoms with Crippen molar-refractivity contribution >= 4 is 17.0 Å². The van der Waals surface area contributed by atoms with Crippen LogP contribution in [0.25, 0.3) is 11.2 Å². The van der Waals surface area contributed by atoms with E-state index in [0.717, 1.165) is 41.5 Å². The molecule has 0 unspecified atom stereocenters. The molecule has 0 saturated heterocycles. The van der Waals surface area contributed by atoms with Crippen molar-refractivity contribution in [1.29, 1.82) is 0 Å². The predicted octanol–water partition coefficient (Wildman–Crippen LogP) is 2.43. The van der Waals surface area contributed by atoms with Gasteiger partial charge in [0.1, 0.15) is 17.1 Å². The number of imidazole rings is 1. The summed E-state index contributed by atoms with van der Waals surface area (Å²) in [5.74, 6) is 2.41. The summed E-state index contributed by atoms with van der Waals surface area (Å²) < 4.78 is 7.45. The van der Waals surface area contributed by atoms with E-state index in [4.69, 9.17) is 4.74 Å². The number of para-hydroxylation sites is 1. The quantitative estimate of drug-likeness (QED) is 0.783. The largest absolute Gasteiger partial charge is 0.496 e. The first-order valence-corrected chi connectivity index (χ1v) is 7.22. The van der Waals surface area contributed by atoms with Crippen LogP contribution < -0.4 is 10.1 Å². The van der Waals surface area contributed by atoms with Gasteiger partial charge in [0, 0.05) is 13.6 Å². The van der Waals surface area contributed by atoms with Crippen LogP contribution in [0, 0.1) is 6.92 Å². The van der Waals surface area contributed by atoms with Gasteiger partial charge in [0.25, 0.3) is 0 Å². The number of aryl methyl sites for hydroxylation is 3. The lowest BCUT2D eigenvalue weighted by Crippen LogP contribution is -2.04. The molecule has 2 heterocycles. The zero-order valence-electron chi connectivity index (χ0n) is 13.0. The van der Waals surface area contributed by atoms with E-state index in [1.54, 1.807) is 7.11 Å². The highest BCUT2D eigenvalue weighted by Crippen LogP contribution is 2.21. The SMILES string of the molecule is CNc1nc(C)nc2c1ncn2CCc1ccccc1OC. The zero-order valence-corrected chi connectivity index (χ0v) is 13.0. The standard InChI is InChI=1S/C16H19N5O/c1-11-19-15(17-2)14-16(20-11)21(10-18-14)9-8-12-6-4-5-7-13(12)22-3/h4-7,10H,8-9H2,1-3H3,(H,17,19,20). The summed E-state index contributed by atoms with van der Waals surface area (Å²) in [6.07, 6.45) is 2.67. The lowest BCUT2D eigenvalue weighted by Gasteiger charge is -2.09. The molecule has 0 aliphatic carbocycles. The minimum atomic E-state index is 0.732. The van der Waals surface area contributed by atoms with E-state index in [1.807, 2.05) is 38.5 Å². The van der Waals surface area contributed by atoms with Crippen LogP contribution in [0.5, 0.6) is 5.75 Å². The van der Waals surface area contributed by atoms with Gasteiger partial charge in [0.2, 0.25) is 0 Å². The fourth-order valence-electron chi connectivity index (χ4n) is 2.54.